The number of carbonyl (C=O) groups is 3. The summed E-state index contributed by atoms with van der Waals surface area (Å²) in [6.45, 7) is 1.77. The zero-order valence-corrected chi connectivity index (χ0v) is 21.7. The van der Waals surface area contributed by atoms with Crippen LogP contribution in [-0.4, -0.2) is 66.0 Å². The lowest BCUT2D eigenvalue weighted by molar-refractivity contribution is -0.137. The first-order valence-electron chi connectivity index (χ1n) is 13.6. The Morgan fingerprint density at radius 3 is 2.42 bits per heavy atom. The second-order valence-corrected chi connectivity index (χ2v) is 10.7. The average molecular weight is 522 g/mol. The SMILES string of the molecule is O=C(CN1CN(c2ccccc2)C2(CCN(C(=O)Nc3cccc(F)c3)CC2)C1=O)NCC1CCCCC1. The Morgan fingerprint density at radius 1 is 0.974 bits per heavy atom. The third-order valence-corrected chi connectivity index (χ3v) is 8.18. The first-order valence-corrected chi connectivity index (χ1v) is 13.6. The number of nitrogens with zero attached hydrogens (tertiary/aromatic N) is 3. The van der Waals surface area contributed by atoms with Crippen LogP contribution in [0.5, 0.6) is 0 Å². The maximum Gasteiger partial charge on any atom is 0.321 e. The molecule has 1 saturated carbocycles. The Morgan fingerprint density at radius 2 is 1.71 bits per heavy atom. The second-order valence-electron chi connectivity index (χ2n) is 10.7. The minimum absolute atomic E-state index is 0.0282. The van der Waals surface area contributed by atoms with E-state index < -0.39 is 11.4 Å². The fraction of sp³-hybridized carbons (Fsp3) is 0.483. The van der Waals surface area contributed by atoms with Crippen LogP contribution in [0.15, 0.2) is 54.6 Å². The Kier molecular flexibility index (Phi) is 7.81. The van der Waals surface area contributed by atoms with Crippen molar-refractivity contribution in [2.75, 3.05) is 43.1 Å². The first-order chi connectivity index (χ1) is 18.4. The van der Waals surface area contributed by atoms with Crippen molar-refractivity contribution in [2.24, 2.45) is 5.92 Å². The summed E-state index contributed by atoms with van der Waals surface area (Å²) in [4.78, 5) is 44.9. The molecular weight excluding hydrogens is 485 g/mol. The Bertz CT molecular complexity index is 1150. The van der Waals surface area contributed by atoms with Crippen molar-refractivity contribution in [1.29, 1.82) is 0 Å². The molecule has 1 aliphatic carbocycles. The van der Waals surface area contributed by atoms with Gasteiger partial charge in [0.15, 0.2) is 0 Å². The van der Waals surface area contributed by atoms with Crippen LogP contribution in [0, 0.1) is 11.7 Å². The molecule has 0 unspecified atom stereocenters. The number of hydrogen-bond donors (Lipinski definition) is 2. The number of rotatable bonds is 6. The summed E-state index contributed by atoms with van der Waals surface area (Å²) < 4.78 is 13.5. The summed E-state index contributed by atoms with van der Waals surface area (Å²) in [5.41, 5.74) is 0.493. The summed E-state index contributed by atoms with van der Waals surface area (Å²) in [6, 6.07) is 15.2. The van der Waals surface area contributed by atoms with E-state index in [-0.39, 0.29) is 24.4 Å². The molecule has 8 nitrogen and oxygen atoms in total. The Hall–Kier alpha value is -3.62. The molecule has 3 fully saturated rings. The highest BCUT2D eigenvalue weighted by molar-refractivity contribution is 5.97. The molecule has 0 bridgehead atoms. The van der Waals surface area contributed by atoms with Gasteiger partial charge in [0.25, 0.3) is 5.91 Å². The summed E-state index contributed by atoms with van der Waals surface area (Å²) >= 11 is 0. The molecule has 38 heavy (non-hydrogen) atoms. The number of para-hydroxylation sites is 1. The highest BCUT2D eigenvalue weighted by Gasteiger charge is 2.54. The molecule has 0 aromatic heterocycles. The van der Waals surface area contributed by atoms with E-state index in [0.29, 0.717) is 50.7 Å². The molecule has 2 saturated heterocycles. The fourth-order valence-corrected chi connectivity index (χ4v) is 6.05. The molecule has 1 spiro atoms. The Labute approximate surface area is 223 Å². The normalized spacial score (nSPS) is 19.6. The van der Waals surface area contributed by atoms with Crippen molar-refractivity contribution in [3.63, 3.8) is 0 Å². The van der Waals surface area contributed by atoms with Crippen LogP contribution in [0.3, 0.4) is 0 Å². The molecule has 3 aliphatic rings. The molecule has 5 rings (SSSR count). The number of benzene rings is 2. The minimum Gasteiger partial charge on any atom is -0.354 e. The molecule has 2 aromatic rings. The zero-order chi connectivity index (χ0) is 26.5. The van der Waals surface area contributed by atoms with Gasteiger partial charge >= 0.3 is 6.03 Å². The third-order valence-electron chi connectivity index (χ3n) is 8.18. The van der Waals surface area contributed by atoms with Crippen LogP contribution in [0.2, 0.25) is 0 Å². The van der Waals surface area contributed by atoms with E-state index in [2.05, 4.69) is 15.5 Å². The number of anilines is 2. The minimum atomic E-state index is -0.819. The summed E-state index contributed by atoms with van der Waals surface area (Å²) in [5.74, 6) is -0.0874. The van der Waals surface area contributed by atoms with E-state index in [1.54, 1.807) is 21.9 Å². The van der Waals surface area contributed by atoms with Crippen molar-refractivity contribution in [3.05, 3.63) is 60.4 Å². The van der Waals surface area contributed by atoms with Gasteiger partial charge in [-0.05, 0) is 61.9 Å². The number of halogens is 1. The lowest BCUT2D eigenvalue weighted by Gasteiger charge is -2.43. The van der Waals surface area contributed by atoms with Gasteiger partial charge in [0.05, 0.1) is 6.67 Å². The van der Waals surface area contributed by atoms with Crippen LogP contribution in [0.1, 0.15) is 44.9 Å². The molecule has 9 heteroatoms. The van der Waals surface area contributed by atoms with Crippen LogP contribution in [0.4, 0.5) is 20.6 Å². The maximum atomic E-state index is 13.9. The number of nitrogens with one attached hydrogen (secondary N) is 2. The largest absolute Gasteiger partial charge is 0.354 e. The van der Waals surface area contributed by atoms with Gasteiger partial charge in [0.2, 0.25) is 5.91 Å². The van der Waals surface area contributed by atoms with Gasteiger partial charge < -0.3 is 25.3 Å². The topological polar surface area (TPSA) is 85.0 Å². The van der Waals surface area contributed by atoms with E-state index >= 15 is 0 Å². The fourth-order valence-electron chi connectivity index (χ4n) is 6.05. The number of hydrogen-bond acceptors (Lipinski definition) is 4. The predicted octanol–water partition coefficient (Wildman–Crippen LogP) is 4.20. The van der Waals surface area contributed by atoms with Gasteiger partial charge in [-0.25, -0.2) is 9.18 Å². The summed E-state index contributed by atoms with van der Waals surface area (Å²) in [5, 5.41) is 5.80. The van der Waals surface area contributed by atoms with E-state index in [9.17, 15) is 18.8 Å². The number of carbonyl (C=O) groups excluding carboxylic acids is 3. The lowest BCUT2D eigenvalue weighted by Crippen LogP contribution is -2.58. The smallest absolute Gasteiger partial charge is 0.321 e. The second kappa shape index (κ2) is 11.4. The summed E-state index contributed by atoms with van der Waals surface area (Å²) in [6.07, 6.45) is 6.89. The van der Waals surface area contributed by atoms with E-state index in [4.69, 9.17) is 0 Å². The van der Waals surface area contributed by atoms with Gasteiger partial charge in [-0.15, -0.1) is 0 Å². The molecule has 0 atom stereocenters. The van der Waals surface area contributed by atoms with Crippen LogP contribution in [-0.2, 0) is 9.59 Å². The molecular formula is C29H36FN5O3. The van der Waals surface area contributed by atoms with Crippen LogP contribution < -0.4 is 15.5 Å². The molecule has 2 N–H and O–H groups in total. The average Bonchev–Trinajstić information content (AvgIpc) is 3.19. The van der Waals surface area contributed by atoms with Gasteiger partial charge in [0.1, 0.15) is 17.9 Å². The molecule has 202 valence electrons. The summed E-state index contributed by atoms with van der Waals surface area (Å²) in [7, 11) is 0. The van der Waals surface area contributed by atoms with Gasteiger partial charge in [-0.1, -0.05) is 43.5 Å². The lowest BCUT2D eigenvalue weighted by atomic mass is 9.85. The third kappa shape index (κ3) is 5.61. The number of likely N-dealkylation sites (tertiary alicyclic amines) is 1. The first kappa shape index (κ1) is 26.0. The molecule has 2 aromatic carbocycles. The molecule has 2 heterocycles. The number of amides is 4. The zero-order valence-electron chi connectivity index (χ0n) is 21.7. The molecule has 0 radical (unpaired) electrons. The maximum absolute atomic E-state index is 13.9. The van der Waals surface area contributed by atoms with E-state index in [1.807, 2.05) is 30.3 Å². The van der Waals surface area contributed by atoms with Crippen molar-refractivity contribution >= 4 is 29.2 Å². The van der Waals surface area contributed by atoms with Gasteiger partial charge in [-0.3, -0.25) is 9.59 Å². The van der Waals surface area contributed by atoms with Crippen molar-refractivity contribution < 1.29 is 18.8 Å². The standard InChI is InChI=1S/C29H36FN5O3/c30-23-10-7-11-24(18-23)32-28(38)33-16-14-29(15-17-33)27(37)34(21-35(29)25-12-5-2-6-13-25)20-26(36)31-19-22-8-3-1-4-9-22/h2,5-7,10-13,18,22H,1,3-4,8-9,14-17,19-21H2,(H,31,36)(H,32,38). The molecule has 4 amide bonds. The monoisotopic (exact) mass is 521 g/mol. The number of piperidine rings is 1. The van der Waals surface area contributed by atoms with Crippen molar-refractivity contribution in [1.82, 2.24) is 15.1 Å². The molecule has 2 aliphatic heterocycles. The predicted molar refractivity (Wildman–Crippen MR) is 144 cm³/mol. The van der Waals surface area contributed by atoms with Crippen LogP contribution >= 0.6 is 0 Å². The highest BCUT2D eigenvalue weighted by Crippen LogP contribution is 2.39. The van der Waals surface area contributed by atoms with Gasteiger partial charge in [0, 0.05) is 31.0 Å². The highest BCUT2D eigenvalue weighted by atomic mass is 19.1. The van der Waals surface area contributed by atoms with E-state index in [1.165, 1.54) is 31.4 Å². The van der Waals surface area contributed by atoms with Crippen molar-refractivity contribution in [3.8, 4) is 0 Å². The van der Waals surface area contributed by atoms with E-state index in [0.717, 1.165) is 18.5 Å². The quantitative estimate of drug-likeness (QED) is 0.597. The van der Waals surface area contributed by atoms with Gasteiger partial charge in [-0.2, -0.15) is 0 Å². The Balaban J connectivity index is 1.25. The van der Waals surface area contributed by atoms with Crippen molar-refractivity contribution in [2.45, 2.75) is 50.5 Å². The van der Waals surface area contributed by atoms with Crippen LogP contribution in [0.25, 0.3) is 0 Å². The number of urea groups is 1.